The first-order chi connectivity index (χ1) is 14.9. The molecule has 0 amide bonds. The molecule has 0 heterocycles. The van der Waals surface area contributed by atoms with Crippen molar-refractivity contribution in [1.29, 1.82) is 0 Å². The van der Waals surface area contributed by atoms with Gasteiger partial charge in [-0.15, -0.1) is 0 Å². The van der Waals surface area contributed by atoms with Crippen molar-refractivity contribution in [2.45, 2.75) is 0 Å². The second-order valence-corrected chi connectivity index (χ2v) is 8.18. The summed E-state index contributed by atoms with van der Waals surface area (Å²) in [4.78, 5) is 0. The molecule has 0 spiro atoms. The molecular formula is C24H14Cl4O3. The Labute approximate surface area is 199 Å². The minimum atomic E-state index is 0.0651. The highest BCUT2D eigenvalue weighted by Gasteiger charge is 2.21. The van der Waals surface area contributed by atoms with Crippen LogP contribution in [0, 0.1) is 0 Å². The third-order valence-corrected chi connectivity index (χ3v) is 6.04. The van der Waals surface area contributed by atoms with Crippen LogP contribution < -0.4 is 4.74 Å². The molecule has 4 aromatic carbocycles. The SMILES string of the molecule is Oc1ccccc1-c1ccc(Cl)c(Oc2c(Cl)ccc(-c3ccccc3O)c2Cl)c1Cl. The molecule has 0 atom stereocenters. The maximum atomic E-state index is 10.2. The lowest BCUT2D eigenvalue weighted by molar-refractivity contribution is 0.476. The van der Waals surface area contributed by atoms with Crippen molar-refractivity contribution in [2.24, 2.45) is 0 Å². The minimum Gasteiger partial charge on any atom is -0.507 e. The van der Waals surface area contributed by atoms with Gasteiger partial charge in [-0.3, -0.25) is 0 Å². The summed E-state index contributed by atoms with van der Waals surface area (Å²) in [6, 6.07) is 20.2. The van der Waals surface area contributed by atoms with Crippen LogP contribution in [0.4, 0.5) is 0 Å². The fourth-order valence-electron chi connectivity index (χ4n) is 3.17. The quantitative estimate of drug-likeness (QED) is 0.299. The number of phenols is 2. The molecule has 0 saturated carbocycles. The summed E-state index contributed by atoms with van der Waals surface area (Å²) in [5.41, 5.74) is 2.11. The Morgan fingerprint density at radius 2 is 0.871 bits per heavy atom. The number of hydrogen-bond acceptors (Lipinski definition) is 3. The third kappa shape index (κ3) is 4.15. The van der Waals surface area contributed by atoms with Gasteiger partial charge in [-0.25, -0.2) is 0 Å². The maximum absolute atomic E-state index is 10.2. The number of halogens is 4. The Bertz CT molecular complexity index is 1190. The summed E-state index contributed by atoms with van der Waals surface area (Å²) in [6.45, 7) is 0. The van der Waals surface area contributed by atoms with Gasteiger partial charge in [0.05, 0.1) is 20.1 Å². The zero-order valence-electron chi connectivity index (χ0n) is 15.7. The van der Waals surface area contributed by atoms with Crippen LogP contribution in [0.1, 0.15) is 0 Å². The zero-order chi connectivity index (χ0) is 22.1. The first-order valence-corrected chi connectivity index (χ1v) is 10.6. The van der Waals surface area contributed by atoms with Gasteiger partial charge in [0, 0.05) is 22.3 Å². The van der Waals surface area contributed by atoms with Gasteiger partial charge in [0.2, 0.25) is 0 Å². The summed E-state index contributed by atoms with van der Waals surface area (Å²) >= 11 is 26.0. The molecule has 0 aliphatic carbocycles. The Morgan fingerprint density at radius 1 is 0.484 bits per heavy atom. The van der Waals surface area contributed by atoms with E-state index in [0.29, 0.717) is 22.3 Å². The third-order valence-electron chi connectivity index (χ3n) is 4.69. The van der Waals surface area contributed by atoms with Gasteiger partial charge in [0.25, 0.3) is 0 Å². The Kier molecular flexibility index (Phi) is 6.22. The second kappa shape index (κ2) is 8.89. The molecule has 0 radical (unpaired) electrons. The Morgan fingerprint density at radius 3 is 1.26 bits per heavy atom. The zero-order valence-corrected chi connectivity index (χ0v) is 18.8. The van der Waals surface area contributed by atoms with Crippen molar-refractivity contribution in [2.75, 3.05) is 0 Å². The van der Waals surface area contributed by atoms with Gasteiger partial charge < -0.3 is 14.9 Å². The van der Waals surface area contributed by atoms with Crippen LogP contribution in [0.2, 0.25) is 20.1 Å². The van der Waals surface area contributed by atoms with Gasteiger partial charge in [0.15, 0.2) is 11.5 Å². The van der Waals surface area contributed by atoms with Crippen LogP contribution in [-0.4, -0.2) is 10.2 Å². The van der Waals surface area contributed by atoms with E-state index in [9.17, 15) is 10.2 Å². The number of ether oxygens (including phenoxy) is 1. The van der Waals surface area contributed by atoms with E-state index < -0.39 is 0 Å². The van der Waals surface area contributed by atoms with Gasteiger partial charge in [-0.1, -0.05) is 94.9 Å². The summed E-state index contributed by atoms with van der Waals surface area (Å²) in [5, 5.41) is 21.3. The lowest BCUT2D eigenvalue weighted by atomic mass is 10.0. The van der Waals surface area contributed by atoms with Crippen LogP contribution in [0.5, 0.6) is 23.0 Å². The van der Waals surface area contributed by atoms with Crippen molar-refractivity contribution < 1.29 is 14.9 Å². The first-order valence-electron chi connectivity index (χ1n) is 9.09. The number of benzene rings is 4. The number of rotatable bonds is 4. The highest BCUT2D eigenvalue weighted by atomic mass is 35.5. The molecule has 0 unspecified atom stereocenters. The largest absolute Gasteiger partial charge is 0.507 e. The maximum Gasteiger partial charge on any atom is 0.165 e. The molecular weight excluding hydrogens is 478 g/mol. The lowest BCUT2D eigenvalue weighted by Gasteiger charge is -2.17. The molecule has 3 nitrogen and oxygen atoms in total. The topological polar surface area (TPSA) is 49.7 Å². The molecule has 7 heteroatoms. The predicted molar refractivity (Wildman–Crippen MR) is 127 cm³/mol. The summed E-state index contributed by atoms with van der Waals surface area (Å²) in [5.74, 6) is 0.412. The van der Waals surface area contributed by atoms with Crippen LogP contribution >= 0.6 is 46.4 Å². The normalized spacial score (nSPS) is 10.8. The van der Waals surface area contributed by atoms with E-state index in [0.717, 1.165) is 0 Å². The van der Waals surface area contributed by atoms with E-state index in [1.165, 1.54) is 0 Å². The standard InChI is InChI=1S/C24H14Cl4O3/c25-17-11-9-15(13-5-1-3-7-19(13)29)21(27)23(17)31-24-18(26)12-10-16(22(24)28)14-6-2-4-8-20(14)30/h1-12,29-30H. The molecule has 0 aromatic heterocycles. The average molecular weight is 492 g/mol. The van der Waals surface area contributed by atoms with Gasteiger partial charge in [-0.2, -0.15) is 0 Å². The highest BCUT2D eigenvalue weighted by molar-refractivity contribution is 6.40. The van der Waals surface area contributed by atoms with Crippen molar-refractivity contribution in [3.05, 3.63) is 92.9 Å². The van der Waals surface area contributed by atoms with Gasteiger partial charge >= 0.3 is 0 Å². The number of phenolic OH excluding ortho intramolecular Hbond substituents is 2. The van der Waals surface area contributed by atoms with E-state index in [1.54, 1.807) is 72.8 Å². The fourth-order valence-corrected chi connectivity index (χ4v) is 4.27. The van der Waals surface area contributed by atoms with Gasteiger partial charge in [-0.05, 0) is 24.3 Å². The van der Waals surface area contributed by atoms with Crippen LogP contribution in [0.3, 0.4) is 0 Å². The van der Waals surface area contributed by atoms with Gasteiger partial charge in [0.1, 0.15) is 11.5 Å². The predicted octanol–water partition coefficient (Wildman–Crippen LogP) is 8.84. The van der Waals surface area contributed by atoms with Crippen molar-refractivity contribution in [1.82, 2.24) is 0 Å². The van der Waals surface area contributed by atoms with E-state index in [1.807, 2.05) is 0 Å². The Balaban J connectivity index is 1.84. The number of para-hydroxylation sites is 2. The van der Waals surface area contributed by atoms with Crippen LogP contribution in [-0.2, 0) is 0 Å². The van der Waals surface area contributed by atoms with Crippen molar-refractivity contribution in [3.63, 3.8) is 0 Å². The summed E-state index contributed by atoms with van der Waals surface area (Å²) in [6.07, 6.45) is 0. The molecule has 0 aliphatic rings. The van der Waals surface area contributed by atoms with E-state index in [2.05, 4.69) is 0 Å². The van der Waals surface area contributed by atoms with E-state index >= 15 is 0 Å². The summed E-state index contributed by atoms with van der Waals surface area (Å²) < 4.78 is 6.01. The molecule has 0 aliphatic heterocycles. The van der Waals surface area contributed by atoms with Crippen molar-refractivity contribution in [3.8, 4) is 45.3 Å². The number of aromatic hydroxyl groups is 2. The lowest BCUT2D eigenvalue weighted by Crippen LogP contribution is -1.93. The molecule has 4 aromatic rings. The average Bonchev–Trinajstić information content (AvgIpc) is 2.75. The Hall–Kier alpha value is -2.56. The first kappa shape index (κ1) is 21.7. The molecule has 156 valence electrons. The van der Waals surface area contributed by atoms with Crippen LogP contribution in [0.25, 0.3) is 22.3 Å². The molecule has 0 fully saturated rings. The highest BCUT2D eigenvalue weighted by Crippen LogP contribution is 2.49. The monoisotopic (exact) mass is 490 g/mol. The number of hydrogen-bond donors (Lipinski definition) is 2. The molecule has 4 rings (SSSR count). The van der Waals surface area contributed by atoms with Crippen molar-refractivity contribution >= 4 is 46.4 Å². The molecule has 0 bridgehead atoms. The fraction of sp³-hybridized carbons (Fsp3) is 0. The molecule has 31 heavy (non-hydrogen) atoms. The van der Waals surface area contributed by atoms with Crippen LogP contribution in [0.15, 0.2) is 72.8 Å². The smallest absolute Gasteiger partial charge is 0.165 e. The van der Waals surface area contributed by atoms with E-state index in [4.69, 9.17) is 51.1 Å². The summed E-state index contributed by atoms with van der Waals surface area (Å²) in [7, 11) is 0. The molecule has 0 saturated heterocycles. The second-order valence-electron chi connectivity index (χ2n) is 6.61. The minimum absolute atomic E-state index is 0.0651. The molecule has 2 N–H and O–H groups in total. The van der Waals surface area contributed by atoms with E-state index in [-0.39, 0.29) is 43.1 Å².